The van der Waals surface area contributed by atoms with E-state index in [0.29, 0.717) is 11.0 Å². The number of hydrogen-bond donors (Lipinski definition) is 1. The zero-order valence-electron chi connectivity index (χ0n) is 16.7. The van der Waals surface area contributed by atoms with Gasteiger partial charge in [-0.15, -0.1) is 5.10 Å². The molecule has 0 spiro atoms. The van der Waals surface area contributed by atoms with Crippen LogP contribution in [0.15, 0.2) is 41.6 Å². The highest BCUT2D eigenvalue weighted by atomic mass is 32.2. The van der Waals surface area contributed by atoms with E-state index in [1.54, 1.807) is 9.36 Å². The second kappa shape index (κ2) is 8.14. The molecule has 0 atom stereocenters. The van der Waals surface area contributed by atoms with Gasteiger partial charge in [-0.05, 0) is 36.4 Å². The molecule has 3 aromatic rings. The molecule has 0 saturated carbocycles. The Morgan fingerprint density at radius 3 is 2.57 bits per heavy atom. The molecule has 28 heavy (non-hydrogen) atoms. The second-order valence-electron chi connectivity index (χ2n) is 7.75. The van der Waals surface area contributed by atoms with Crippen molar-refractivity contribution >= 4 is 23.5 Å². The molecule has 2 heterocycles. The molecule has 2 aromatic heterocycles. The van der Waals surface area contributed by atoms with Crippen molar-refractivity contribution in [3.8, 4) is 5.69 Å². The van der Waals surface area contributed by atoms with Gasteiger partial charge in [0.2, 0.25) is 11.1 Å². The van der Waals surface area contributed by atoms with E-state index in [1.165, 1.54) is 11.8 Å². The van der Waals surface area contributed by atoms with E-state index in [1.807, 2.05) is 50.2 Å². The third-order valence-electron chi connectivity index (χ3n) is 4.03. The summed E-state index contributed by atoms with van der Waals surface area (Å²) in [6.45, 7) is 10.3. The predicted octanol–water partition coefficient (Wildman–Crippen LogP) is 3.47. The number of rotatable bonds is 6. The Labute approximate surface area is 168 Å². The van der Waals surface area contributed by atoms with Gasteiger partial charge in [-0.1, -0.05) is 50.7 Å². The Morgan fingerprint density at radius 1 is 1.21 bits per heavy atom. The number of hydrogen-bond acceptors (Lipinski definition) is 6. The number of anilines is 1. The Morgan fingerprint density at radius 2 is 1.93 bits per heavy atom. The highest BCUT2D eigenvalue weighted by Gasteiger charge is 2.22. The van der Waals surface area contributed by atoms with Gasteiger partial charge in [-0.2, -0.15) is 5.10 Å². The Bertz CT molecular complexity index is 941. The predicted molar refractivity (Wildman–Crippen MR) is 110 cm³/mol. The number of nitrogens with zero attached hydrogens (tertiary/aromatic N) is 6. The average molecular weight is 400 g/mol. The van der Waals surface area contributed by atoms with Gasteiger partial charge in [-0.25, -0.2) is 9.36 Å². The molecule has 0 fully saturated rings. The number of carbonyl (C=O) groups is 1. The zero-order valence-corrected chi connectivity index (χ0v) is 17.6. The first-order valence-corrected chi connectivity index (χ1v) is 10.1. The van der Waals surface area contributed by atoms with Crippen molar-refractivity contribution in [1.29, 1.82) is 0 Å². The van der Waals surface area contributed by atoms with Gasteiger partial charge in [0, 0.05) is 11.5 Å². The number of tetrazole rings is 1. The third-order valence-corrected chi connectivity index (χ3v) is 4.96. The summed E-state index contributed by atoms with van der Waals surface area (Å²) in [5, 5.41) is 19.9. The molecule has 148 valence electrons. The van der Waals surface area contributed by atoms with Crippen LogP contribution in [0.5, 0.6) is 0 Å². The minimum absolute atomic E-state index is 0.131. The molecule has 8 nitrogen and oxygen atoms in total. The topological polar surface area (TPSA) is 90.5 Å². The molecule has 0 aliphatic carbocycles. The second-order valence-corrected chi connectivity index (χ2v) is 8.69. The van der Waals surface area contributed by atoms with Gasteiger partial charge in [0.05, 0.1) is 23.2 Å². The summed E-state index contributed by atoms with van der Waals surface area (Å²) < 4.78 is 3.46. The van der Waals surface area contributed by atoms with Crippen LogP contribution in [-0.4, -0.2) is 41.6 Å². The van der Waals surface area contributed by atoms with E-state index in [4.69, 9.17) is 5.10 Å². The summed E-state index contributed by atoms with van der Waals surface area (Å²) in [6, 6.07) is 11.8. The van der Waals surface area contributed by atoms with Crippen molar-refractivity contribution in [1.82, 2.24) is 30.0 Å². The summed E-state index contributed by atoms with van der Waals surface area (Å²) in [5.74, 6) is 0.712. The Balaban J connectivity index is 1.78. The van der Waals surface area contributed by atoms with Crippen molar-refractivity contribution < 1.29 is 4.79 Å². The van der Waals surface area contributed by atoms with E-state index in [2.05, 4.69) is 41.6 Å². The monoisotopic (exact) mass is 399 g/mol. The van der Waals surface area contributed by atoms with Crippen LogP contribution in [0.25, 0.3) is 5.69 Å². The van der Waals surface area contributed by atoms with Crippen LogP contribution in [0, 0.1) is 0 Å². The number of amides is 1. The molecule has 9 heteroatoms. The van der Waals surface area contributed by atoms with Crippen LogP contribution >= 0.6 is 11.8 Å². The summed E-state index contributed by atoms with van der Waals surface area (Å²) in [7, 11) is 0. The standard InChI is InChI=1S/C19H25N7OS/c1-13(2)25-18(21-23-24-25)28-12-17(27)20-16-11-15(19(3,4)5)22-26(16)14-9-7-6-8-10-14/h6-11,13H,12H2,1-5H3,(H,20,27). The minimum Gasteiger partial charge on any atom is -0.310 e. The van der Waals surface area contributed by atoms with Crippen LogP contribution in [0.3, 0.4) is 0 Å². The molecule has 1 aromatic carbocycles. The van der Waals surface area contributed by atoms with Crippen LogP contribution in [-0.2, 0) is 10.2 Å². The lowest BCUT2D eigenvalue weighted by Crippen LogP contribution is -2.17. The third kappa shape index (κ3) is 4.59. The minimum atomic E-state index is -0.138. The molecule has 1 amide bonds. The van der Waals surface area contributed by atoms with E-state index in [9.17, 15) is 4.79 Å². The van der Waals surface area contributed by atoms with Crippen molar-refractivity contribution in [2.75, 3.05) is 11.1 Å². The van der Waals surface area contributed by atoms with Crippen LogP contribution in [0.1, 0.15) is 46.4 Å². The number of nitrogens with one attached hydrogen (secondary N) is 1. The van der Waals surface area contributed by atoms with Crippen molar-refractivity contribution in [2.24, 2.45) is 0 Å². The summed E-state index contributed by atoms with van der Waals surface area (Å²) in [4.78, 5) is 12.6. The smallest absolute Gasteiger partial charge is 0.236 e. The van der Waals surface area contributed by atoms with Crippen LogP contribution < -0.4 is 5.32 Å². The lowest BCUT2D eigenvalue weighted by Gasteiger charge is -2.14. The largest absolute Gasteiger partial charge is 0.310 e. The number of carbonyl (C=O) groups excluding carboxylic acids is 1. The average Bonchev–Trinajstić information content (AvgIpc) is 3.27. The molecule has 0 aliphatic rings. The first-order chi connectivity index (χ1) is 13.3. The van der Waals surface area contributed by atoms with E-state index < -0.39 is 0 Å². The van der Waals surface area contributed by atoms with Crippen molar-refractivity contribution in [3.63, 3.8) is 0 Å². The highest BCUT2D eigenvalue weighted by molar-refractivity contribution is 7.99. The van der Waals surface area contributed by atoms with Crippen molar-refractivity contribution in [2.45, 2.75) is 51.2 Å². The molecule has 0 unspecified atom stereocenters. The summed E-state index contributed by atoms with van der Waals surface area (Å²) in [6.07, 6.45) is 0. The maximum Gasteiger partial charge on any atom is 0.236 e. The van der Waals surface area contributed by atoms with Gasteiger partial charge in [0.1, 0.15) is 5.82 Å². The SMILES string of the molecule is CC(C)n1nnnc1SCC(=O)Nc1cc(C(C)(C)C)nn1-c1ccccc1. The molecule has 0 aliphatic heterocycles. The summed E-state index contributed by atoms with van der Waals surface area (Å²) >= 11 is 1.31. The Hall–Kier alpha value is -2.68. The normalized spacial score (nSPS) is 11.8. The molecular weight excluding hydrogens is 374 g/mol. The van der Waals surface area contributed by atoms with Gasteiger partial charge in [0.15, 0.2) is 0 Å². The number of thioether (sulfide) groups is 1. The molecule has 1 N–H and O–H groups in total. The first kappa shape index (κ1) is 20.1. The van der Waals surface area contributed by atoms with Crippen LogP contribution in [0.4, 0.5) is 5.82 Å². The van der Waals surface area contributed by atoms with E-state index in [-0.39, 0.29) is 23.1 Å². The number of para-hydroxylation sites is 1. The number of benzene rings is 1. The fourth-order valence-corrected chi connectivity index (χ4v) is 3.32. The fourth-order valence-electron chi connectivity index (χ4n) is 2.52. The molecule has 0 bridgehead atoms. The van der Waals surface area contributed by atoms with E-state index in [0.717, 1.165) is 11.4 Å². The maximum atomic E-state index is 12.6. The van der Waals surface area contributed by atoms with Crippen LogP contribution in [0.2, 0.25) is 0 Å². The van der Waals surface area contributed by atoms with Gasteiger partial charge >= 0.3 is 0 Å². The quantitative estimate of drug-likeness (QED) is 0.638. The van der Waals surface area contributed by atoms with Gasteiger partial charge in [-0.3, -0.25) is 4.79 Å². The zero-order chi connectivity index (χ0) is 20.3. The van der Waals surface area contributed by atoms with Crippen molar-refractivity contribution in [3.05, 3.63) is 42.1 Å². The lowest BCUT2D eigenvalue weighted by molar-refractivity contribution is -0.113. The van der Waals surface area contributed by atoms with Gasteiger partial charge < -0.3 is 5.32 Å². The number of aromatic nitrogens is 6. The van der Waals surface area contributed by atoms with Gasteiger partial charge in [0.25, 0.3) is 0 Å². The first-order valence-electron chi connectivity index (χ1n) is 9.12. The Kier molecular flexibility index (Phi) is 5.83. The molecular formula is C19H25N7OS. The molecule has 0 saturated heterocycles. The maximum absolute atomic E-state index is 12.6. The van der Waals surface area contributed by atoms with E-state index >= 15 is 0 Å². The molecule has 0 radical (unpaired) electrons. The molecule has 3 rings (SSSR count). The summed E-state index contributed by atoms with van der Waals surface area (Å²) in [5.41, 5.74) is 1.67. The lowest BCUT2D eigenvalue weighted by atomic mass is 9.92. The fraction of sp³-hybridized carbons (Fsp3) is 0.421. The highest BCUT2D eigenvalue weighted by Crippen LogP contribution is 2.26.